The number of carbonyl (C=O) groups excluding carboxylic acids is 1. The highest BCUT2D eigenvalue weighted by molar-refractivity contribution is 6.36. The van der Waals surface area contributed by atoms with Gasteiger partial charge in [0.1, 0.15) is 17.7 Å². The fourth-order valence-corrected chi connectivity index (χ4v) is 5.36. The van der Waals surface area contributed by atoms with Crippen molar-refractivity contribution in [3.05, 3.63) is 83.0 Å². The summed E-state index contributed by atoms with van der Waals surface area (Å²) in [4.78, 5) is 17.5. The number of benzene rings is 3. The second-order valence-corrected chi connectivity index (χ2v) is 10.1. The summed E-state index contributed by atoms with van der Waals surface area (Å²) in [6.07, 6.45) is 0.298. The first kappa shape index (κ1) is 24.1. The molecule has 0 spiro atoms. The number of aromatic nitrogens is 1. The Bertz CT molecular complexity index is 1470. The van der Waals surface area contributed by atoms with Crippen LogP contribution in [0, 0.1) is 11.6 Å². The summed E-state index contributed by atoms with van der Waals surface area (Å²) in [5.41, 5.74) is 1.25. The van der Waals surface area contributed by atoms with E-state index in [4.69, 9.17) is 16.3 Å². The van der Waals surface area contributed by atoms with Gasteiger partial charge in [-0.2, -0.15) is 0 Å². The Morgan fingerprint density at radius 2 is 1.83 bits per heavy atom. The van der Waals surface area contributed by atoms with Crippen molar-refractivity contribution in [1.82, 2.24) is 4.98 Å². The molecule has 5 rings (SSSR count). The molecule has 0 unspecified atom stereocenters. The quantitative estimate of drug-likeness (QED) is 0.297. The molecule has 0 bridgehead atoms. The van der Waals surface area contributed by atoms with Crippen LogP contribution in [0.15, 0.2) is 60.8 Å². The van der Waals surface area contributed by atoms with E-state index in [0.717, 1.165) is 0 Å². The molecule has 1 aliphatic heterocycles. The van der Waals surface area contributed by atoms with Gasteiger partial charge in [-0.15, -0.1) is 0 Å². The van der Waals surface area contributed by atoms with Gasteiger partial charge in [0.05, 0.1) is 21.6 Å². The van der Waals surface area contributed by atoms with Crippen LogP contribution in [0.5, 0.6) is 0 Å². The van der Waals surface area contributed by atoms with Crippen molar-refractivity contribution < 1.29 is 18.3 Å². The Morgan fingerprint density at radius 3 is 2.56 bits per heavy atom. The predicted octanol–water partition coefficient (Wildman–Crippen LogP) is 7.72. The summed E-state index contributed by atoms with van der Waals surface area (Å²) >= 11 is 6.24. The van der Waals surface area contributed by atoms with Crippen LogP contribution >= 0.6 is 11.6 Å². The van der Waals surface area contributed by atoms with Gasteiger partial charge in [-0.05, 0) is 32.0 Å². The van der Waals surface area contributed by atoms with Crippen molar-refractivity contribution in [3.63, 3.8) is 0 Å². The molecule has 2 N–H and O–H groups in total. The second kappa shape index (κ2) is 8.82. The van der Waals surface area contributed by atoms with Gasteiger partial charge in [0.25, 0.3) is 0 Å². The highest BCUT2D eigenvalue weighted by Crippen LogP contribution is 2.46. The number of ether oxygens (including phenoxy) is 1. The fraction of sp³-hybridized carbons (Fsp3) is 0.250. The van der Waals surface area contributed by atoms with Crippen LogP contribution in [0.3, 0.4) is 0 Å². The Balaban J connectivity index is 1.56. The third-order valence-electron chi connectivity index (χ3n) is 6.91. The maximum absolute atomic E-state index is 16.2. The Kier molecular flexibility index (Phi) is 5.91. The number of rotatable bonds is 3. The molecule has 4 aromatic rings. The van der Waals surface area contributed by atoms with E-state index in [1.807, 2.05) is 32.0 Å². The molecule has 0 aliphatic carbocycles. The van der Waals surface area contributed by atoms with Gasteiger partial charge in [0, 0.05) is 47.1 Å². The standard InChI is InChI=1S/C28H26ClF2N3O2/c1-15-22-21(33-28(2,3)26(15)36-27(35)34(4)16-9-6-5-7-10-16)13-20(30)23(24(22)31)18-12-8-11-17-19(29)14-32-25(17)18/h5-15,26,32-33H,1-4H3/t15-,26+/m0/s1. The lowest BCUT2D eigenvalue weighted by Gasteiger charge is -2.44. The molecule has 3 aromatic carbocycles. The van der Waals surface area contributed by atoms with Gasteiger partial charge in [-0.3, -0.25) is 4.90 Å². The third kappa shape index (κ3) is 3.88. The molecule has 2 atom stereocenters. The van der Waals surface area contributed by atoms with E-state index >= 15 is 8.78 Å². The fourth-order valence-electron chi connectivity index (χ4n) is 5.15. The average molecular weight is 510 g/mol. The Labute approximate surface area is 213 Å². The van der Waals surface area contributed by atoms with Crippen molar-refractivity contribution in [2.75, 3.05) is 17.3 Å². The molecule has 0 fully saturated rings. The van der Waals surface area contributed by atoms with Crippen LogP contribution < -0.4 is 10.2 Å². The molecule has 1 aliphatic rings. The number of nitrogens with zero attached hydrogens (tertiary/aromatic N) is 1. The van der Waals surface area contributed by atoms with Gasteiger partial charge in [-0.25, -0.2) is 13.6 Å². The van der Waals surface area contributed by atoms with Gasteiger partial charge in [0.15, 0.2) is 0 Å². The number of fused-ring (bicyclic) bond motifs is 2. The van der Waals surface area contributed by atoms with E-state index in [-0.39, 0.29) is 11.1 Å². The van der Waals surface area contributed by atoms with Crippen molar-refractivity contribution >= 4 is 40.0 Å². The van der Waals surface area contributed by atoms with Crippen LogP contribution in [0.4, 0.5) is 25.0 Å². The van der Waals surface area contributed by atoms with Crippen LogP contribution in [-0.4, -0.2) is 29.8 Å². The molecule has 5 nitrogen and oxygen atoms in total. The molecule has 1 amide bonds. The van der Waals surface area contributed by atoms with Gasteiger partial charge < -0.3 is 15.0 Å². The third-order valence-corrected chi connectivity index (χ3v) is 7.23. The monoisotopic (exact) mass is 509 g/mol. The first-order chi connectivity index (χ1) is 17.1. The van der Waals surface area contributed by atoms with E-state index in [1.165, 1.54) is 11.0 Å². The maximum atomic E-state index is 16.2. The molecular formula is C28H26ClF2N3O2. The minimum absolute atomic E-state index is 0.155. The zero-order chi connectivity index (χ0) is 25.8. The molecule has 0 saturated heterocycles. The lowest BCUT2D eigenvalue weighted by molar-refractivity contribution is 0.0521. The number of hydrogen-bond acceptors (Lipinski definition) is 3. The first-order valence-electron chi connectivity index (χ1n) is 11.7. The number of amides is 1. The van der Waals surface area contributed by atoms with Gasteiger partial charge in [-0.1, -0.05) is 54.9 Å². The molecule has 0 radical (unpaired) electrons. The van der Waals surface area contributed by atoms with Crippen molar-refractivity contribution in [2.45, 2.75) is 38.3 Å². The SMILES string of the molecule is C[C@H]1c2c(cc(F)c(-c3cccc4c(Cl)c[nH]c34)c2F)NC(C)(C)[C@@H]1OC(=O)N(C)c1ccccc1. The lowest BCUT2D eigenvalue weighted by Crippen LogP contribution is -2.53. The average Bonchev–Trinajstić information content (AvgIpc) is 3.22. The van der Waals surface area contributed by atoms with Crippen molar-refractivity contribution in [3.8, 4) is 11.1 Å². The maximum Gasteiger partial charge on any atom is 0.414 e. The summed E-state index contributed by atoms with van der Waals surface area (Å²) < 4.78 is 37.6. The van der Waals surface area contributed by atoms with Crippen LogP contribution in [0.25, 0.3) is 22.0 Å². The molecular weight excluding hydrogens is 484 g/mol. The van der Waals surface area contributed by atoms with E-state index in [2.05, 4.69) is 10.3 Å². The van der Waals surface area contributed by atoms with Gasteiger partial charge >= 0.3 is 6.09 Å². The molecule has 36 heavy (non-hydrogen) atoms. The van der Waals surface area contributed by atoms with Crippen molar-refractivity contribution in [1.29, 1.82) is 0 Å². The van der Waals surface area contributed by atoms with Crippen LogP contribution in [0.1, 0.15) is 32.3 Å². The van der Waals surface area contributed by atoms with Crippen LogP contribution in [0.2, 0.25) is 5.02 Å². The minimum atomic E-state index is -0.785. The first-order valence-corrected chi connectivity index (χ1v) is 12.0. The van der Waals surface area contributed by atoms with E-state index in [9.17, 15) is 4.79 Å². The number of aromatic amines is 1. The minimum Gasteiger partial charge on any atom is -0.443 e. The highest BCUT2D eigenvalue weighted by Gasteiger charge is 2.45. The summed E-state index contributed by atoms with van der Waals surface area (Å²) in [5.74, 6) is -1.95. The zero-order valence-corrected chi connectivity index (χ0v) is 21.1. The van der Waals surface area contributed by atoms with Crippen molar-refractivity contribution in [2.24, 2.45) is 0 Å². The number of carbonyl (C=O) groups is 1. The number of nitrogens with one attached hydrogen (secondary N) is 2. The smallest absolute Gasteiger partial charge is 0.414 e. The molecule has 186 valence electrons. The number of anilines is 2. The van der Waals surface area contributed by atoms with E-state index < -0.39 is 35.3 Å². The molecule has 8 heteroatoms. The summed E-state index contributed by atoms with van der Waals surface area (Å²) in [5, 5.41) is 4.34. The normalized spacial score (nSPS) is 18.4. The summed E-state index contributed by atoms with van der Waals surface area (Å²) in [6, 6.07) is 15.6. The van der Waals surface area contributed by atoms with Crippen LogP contribution in [-0.2, 0) is 4.74 Å². The number of hydrogen-bond donors (Lipinski definition) is 2. The van der Waals surface area contributed by atoms with E-state index in [0.29, 0.717) is 32.9 Å². The second-order valence-electron chi connectivity index (χ2n) is 9.71. The highest BCUT2D eigenvalue weighted by atomic mass is 35.5. The number of H-pyrrole nitrogens is 1. The topological polar surface area (TPSA) is 57.4 Å². The Hall–Kier alpha value is -3.58. The molecule has 1 aromatic heterocycles. The summed E-state index contributed by atoms with van der Waals surface area (Å²) in [7, 11) is 1.62. The number of halogens is 3. The molecule has 0 saturated carbocycles. The lowest BCUT2D eigenvalue weighted by atomic mass is 9.77. The zero-order valence-electron chi connectivity index (χ0n) is 20.3. The largest absolute Gasteiger partial charge is 0.443 e. The molecule has 2 heterocycles. The van der Waals surface area contributed by atoms with Gasteiger partial charge in [0.2, 0.25) is 0 Å². The predicted molar refractivity (Wildman–Crippen MR) is 140 cm³/mol. The van der Waals surface area contributed by atoms with E-state index in [1.54, 1.807) is 50.5 Å². The summed E-state index contributed by atoms with van der Waals surface area (Å²) in [6.45, 7) is 5.48. The number of para-hydroxylation sites is 2. The Morgan fingerprint density at radius 1 is 1.11 bits per heavy atom.